The van der Waals surface area contributed by atoms with Crippen molar-refractivity contribution in [3.8, 4) is 28.5 Å². The van der Waals surface area contributed by atoms with E-state index in [1.54, 1.807) is 0 Å². The molecule has 0 unspecified atom stereocenters. The van der Waals surface area contributed by atoms with Crippen LogP contribution in [0.2, 0.25) is 0 Å². The highest BCUT2D eigenvalue weighted by Gasteiger charge is 2.27. The van der Waals surface area contributed by atoms with Crippen molar-refractivity contribution in [2.45, 2.75) is 18.9 Å². The van der Waals surface area contributed by atoms with Crippen molar-refractivity contribution >= 4 is 10.0 Å². The summed E-state index contributed by atoms with van der Waals surface area (Å²) in [5.74, 6) is 0.116. The van der Waals surface area contributed by atoms with Crippen LogP contribution in [0.1, 0.15) is 19.4 Å². The molecule has 3 rings (SSSR count). The second kappa shape index (κ2) is 8.30. The fourth-order valence-corrected chi connectivity index (χ4v) is 4.00. The molecular weight excluding hydrogens is 372 g/mol. The molecule has 2 aromatic carbocycles. The number of hydrogen-bond acceptors (Lipinski definition) is 5. The lowest BCUT2D eigenvalue weighted by Crippen LogP contribution is -2.29. The van der Waals surface area contributed by atoms with Gasteiger partial charge in [0.2, 0.25) is 5.03 Å². The fraction of sp³-hybridized carbons (Fsp3) is 0.190. The highest BCUT2D eigenvalue weighted by atomic mass is 32.2. The molecule has 1 aromatic heterocycles. The quantitative estimate of drug-likeness (QED) is 0.691. The molecule has 0 spiro atoms. The molecule has 28 heavy (non-hydrogen) atoms. The lowest BCUT2D eigenvalue weighted by Gasteiger charge is -2.14. The van der Waals surface area contributed by atoms with Gasteiger partial charge in [-0.15, -0.1) is 10.2 Å². The topological polar surface area (TPSA) is 95.7 Å². The average Bonchev–Trinajstić information content (AvgIpc) is 2.72. The molecular formula is C21H20N4O2S. The number of aromatic nitrogens is 2. The van der Waals surface area contributed by atoms with Crippen LogP contribution in [0.5, 0.6) is 0 Å². The van der Waals surface area contributed by atoms with Crippen molar-refractivity contribution in [1.29, 1.82) is 5.26 Å². The predicted molar refractivity (Wildman–Crippen MR) is 108 cm³/mol. The van der Waals surface area contributed by atoms with Gasteiger partial charge in [0.05, 0.1) is 0 Å². The lowest BCUT2D eigenvalue weighted by atomic mass is 9.96. The molecule has 6 nitrogen and oxygen atoms in total. The smallest absolute Gasteiger partial charge is 0.209 e. The molecule has 1 heterocycles. The summed E-state index contributed by atoms with van der Waals surface area (Å²) in [6.07, 6.45) is 0. The van der Waals surface area contributed by atoms with E-state index in [1.807, 2.05) is 80.6 Å². The molecule has 1 N–H and O–H groups in total. The standard InChI is InChI=1S/C21H20N4O2S/c1-15(2)14-23-28(26,27)21-18(13-22)19(16-9-5-3-6-10-16)20(24-25-21)17-11-7-4-8-12-17/h3-12,15,23H,14H2,1-2H3. The minimum Gasteiger partial charge on any atom is -0.209 e. The predicted octanol–water partition coefficient (Wildman–Crippen LogP) is 3.62. The number of hydrogen-bond donors (Lipinski definition) is 1. The van der Waals surface area contributed by atoms with Crippen molar-refractivity contribution in [1.82, 2.24) is 14.9 Å². The van der Waals surface area contributed by atoms with E-state index in [-0.39, 0.29) is 23.1 Å². The largest absolute Gasteiger partial charge is 0.261 e. The Kier molecular flexibility index (Phi) is 5.83. The molecule has 0 aliphatic rings. The van der Waals surface area contributed by atoms with Gasteiger partial charge in [-0.1, -0.05) is 74.5 Å². The van der Waals surface area contributed by atoms with Gasteiger partial charge >= 0.3 is 0 Å². The first kappa shape index (κ1) is 19.7. The van der Waals surface area contributed by atoms with Crippen molar-refractivity contribution in [3.63, 3.8) is 0 Å². The normalized spacial score (nSPS) is 11.4. The van der Waals surface area contributed by atoms with Crippen LogP contribution < -0.4 is 4.72 Å². The van der Waals surface area contributed by atoms with Crippen LogP contribution in [0, 0.1) is 17.2 Å². The molecule has 7 heteroatoms. The third-order valence-electron chi connectivity index (χ3n) is 4.10. The molecule has 0 radical (unpaired) electrons. The first-order chi connectivity index (χ1) is 13.4. The van der Waals surface area contributed by atoms with Gasteiger partial charge in [0.25, 0.3) is 10.0 Å². The molecule has 0 atom stereocenters. The van der Waals surface area contributed by atoms with Gasteiger partial charge in [0, 0.05) is 17.7 Å². The van der Waals surface area contributed by atoms with E-state index in [0.29, 0.717) is 16.8 Å². The minimum atomic E-state index is -3.97. The van der Waals surface area contributed by atoms with Gasteiger partial charge < -0.3 is 0 Å². The minimum absolute atomic E-state index is 0.0173. The van der Waals surface area contributed by atoms with E-state index >= 15 is 0 Å². The third kappa shape index (κ3) is 4.09. The summed E-state index contributed by atoms with van der Waals surface area (Å²) in [5.41, 5.74) is 2.36. The zero-order chi connectivity index (χ0) is 20.1. The number of sulfonamides is 1. The van der Waals surface area contributed by atoms with E-state index in [4.69, 9.17) is 0 Å². The lowest BCUT2D eigenvalue weighted by molar-refractivity contribution is 0.555. The highest BCUT2D eigenvalue weighted by Crippen LogP contribution is 2.34. The van der Waals surface area contributed by atoms with Crippen molar-refractivity contribution in [2.24, 2.45) is 5.92 Å². The van der Waals surface area contributed by atoms with Gasteiger partial charge in [-0.3, -0.25) is 0 Å². The van der Waals surface area contributed by atoms with Crippen molar-refractivity contribution in [2.75, 3.05) is 6.54 Å². The molecule has 0 saturated carbocycles. The van der Waals surface area contributed by atoms with Crippen molar-refractivity contribution in [3.05, 3.63) is 66.2 Å². The maximum atomic E-state index is 12.8. The van der Waals surface area contributed by atoms with E-state index in [9.17, 15) is 13.7 Å². The first-order valence-corrected chi connectivity index (χ1v) is 10.3. The van der Waals surface area contributed by atoms with Gasteiger partial charge in [0.15, 0.2) is 0 Å². The van der Waals surface area contributed by atoms with Crippen LogP contribution in [0.4, 0.5) is 0 Å². The van der Waals surface area contributed by atoms with Crippen LogP contribution in [-0.2, 0) is 10.0 Å². The first-order valence-electron chi connectivity index (χ1n) is 8.85. The summed E-state index contributed by atoms with van der Waals surface area (Å²) in [7, 11) is -3.97. The van der Waals surface area contributed by atoms with Crippen LogP contribution >= 0.6 is 0 Å². The van der Waals surface area contributed by atoms with Gasteiger partial charge in [-0.05, 0) is 11.5 Å². The van der Waals surface area contributed by atoms with Crippen LogP contribution in [-0.4, -0.2) is 25.2 Å². The average molecular weight is 392 g/mol. The Morgan fingerprint density at radius 1 is 0.964 bits per heavy atom. The second-order valence-corrected chi connectivity index (χ2v) is 8.38. The summed E-state index contributed by atoms with van der Waals surface area (Å²) in [5, 5.41) is 17.7. The van der Waals surface area contributed by atoms with Crippen molar-refractivity contribution < 1.29 is 8.42 Å². The van der Waals surface area contributed by atoms with Crippen LogP contribution in [0.15, 0.2) is 65.7 Å². The summed E-state index contributed by atoms with van der Waals surface area (Å²) >= 11 is 0. The Balaban J connectivity index is 2.28. The van der Waals surface area contributed by atoms with E-state index in [1.165, 1.54) is 0 Å². The Morgan fingerprint density at radius 2 is 1.54 bits per heavy atom. The molecule has 3 aromatic rings. The number of nitrogens with zero attached hydrogens (tertiary/aromatic N) is 3. The van der Waals surface area contributed by atoms with Gasteiger partial charge in [0.1, 0.15) is 17.3 Å². The number of benzene rings is 2. The molecule has 0 saturated heterocycles. The Bertz CT molecular complexity index is 1110. The summed E-state index contributed by atoms with van der Waals surface area (Å²) in [6.45, 7) is 4.04. The highest BCUT2D eigenvalue weighted by molar-refractivity contribution is 7.89. The maximum absolute atomic E-state index is 12.8. The van der Waals surface area contributed by atoms with Crippen LogP contribution in [0.3, 0.4) is 0 Å². The Labute approximate surface area is 164 Å². The SMILES string of the molecule is CC(C)CNS(=O)(=O)c1nnc(-c2ccccc2)c(-c2ccccc2)c1C#N. The summed E-state index contributed by atoms with van der Waals surface area (Å²) in [6, 6.07) is 20.5. The zero-order valence-corrected chi connectivity index (χ0v) is 16.4. The molecule has 0 aliphatic heterocycles. The van der Waals surface area contributed by atoms with E-state index < -0.39 is 10.0 Å². The molecule has 0 fully saturated rings. The Hall–Kier alpha value is -3.08. The maximum Gasteiger partial charge on any atom is 0.261 e. The zero-order valence-electron chi connectivity index (χ0n) is 15.6. The third-order valence-corrected chi connectivity index (χ3v) is 5.44. The summed E-state index contributed by atoms with van der Waals surface area (Å²) in [4.78, 5) is 0. The Morgan fingerprint density at radius 3 is 2.07 bits per heavy atom. The number of nitriles is 1. The van der Waals surface area contributed by atoms with E-state index in [2.05, 4.69) is 14.9 Å². The van der Waals surface area contributed by atoms with Gasteiger partial charge in [-0.2, -0.15) is 5.26 Å². The van der Waals surface area contributed by atoms with Gasteiger partial charge in [-0.25, -0.2) is 13.1 Å². The number of nitrogens with one attached hydrogen (secondary N) is 1. The summed E-state index contributed by atoms with van der Waals surface area (Å²) < 4.78 is 28.1. The second-order valence-electron chi connectivity index (χ2n) is 6.69. The molecule has 0 amide bonds. The monoisotopic (exact) mass is 392 g/mol. The fourth-order valence-electron chi connectivity index (χ4n) is 2.74. The molecule has 142 valence electrons. The van der Waals surface area contributed by atoms with Crippen LogP contribution in [0.25, 0.3) is 22.4 Å². The molecule has 0 bridgehead atoms. The number of rotatable bonds is 6. The van der Waals surface area contributed by atoms with E-state index in [0.717, 1.165) is 5.56 Å². The molecule has 0 aliphatic carbocycles.